The number of benzene rings is 1. The molecule has 0 saturated carbocycles. The molecule has 1 aliphatic heterocycles. The maximum atomic E-state index is 11.3. The van der Waals surface area contributed by atoms with Gasteiger partial charge in [-0.3, -0.25) is 0 Å². The lowest BCUT2D eigenvalue weighted by Gasteiger charge is -2.29. The van der Waals surface area contributed by atoms with E-state index >= 15 is 0 Å². The lowest BCUT2D eigenvalue weighted by molar-refractivity contribution is 0.587. The SMILES string of the molecule is Nc1ccc(Br)cc1N1CCS(=O)(=O)CC1. The van der Waals surface area contributed by atoms with Crippen molar-refractivity contribution in [1.82, 2.24) is 0 Å². The van der Waals surface area contributed by atoms with Gasteiger partial charge in [0.15, 0.2) is 9.84 Å². The Morgan fingerprint density at radius 2 is 1.88 bits per heavy atom. The number of nitrogens with zero attached hydrogens (tertiary/aromatic N) is 1. The summed E-state index contributed by atoms with van der Waals surface area (Å²) in [6, 6.07) is 5.62. The van der Waals surface area contributed by atoms with Gasteiger partial charge in [0.05, 0.1) is 22.9 Å². The summed E-state index contributed by atoms with van der Waals surface area (Å²) in [5.41, 5.74) is 7.47. The molecule has 1 aromatic rings. The largest absolute Gasteiger partial charge is 0.397 e. The molecule has 1 saturated heterocycles. The molecule has 4 nitrogen and oxygen atoms in total. The van der Waals surface area contributed by atoms with Crippen molar-refractivity contribution in [2.24, 2.45) is 0 Å². The Morgan fingerprint density at radius 3 is 2.50 bits per heavy atom. The third kappa shape index (κ3) is 2.49. The zero-order valence-corrected chi connectivity index (χ0v) is 11.1. The summed E-state index contributed by atoms with van der Waals surface area (Å²) < 4.78 is 23.6. The van der Waals surface area contributed by atoms with E-state index < -0.39 is 9.84 Å². The molecule has 0 atom stereocenters. The second-order valence-corrected chi connectivity index (χ2v) is 7.06. The first kappa shape index (κ1) is 11.7. The smallest absolute Gasteiger partial charge is 0.153 e. The fourth-order valence-corrected chi connectivity index (χ4v) is 3.29. The zero-order valence-electron chi connectivity index (χ0n) is 8.69. The van der Waals surface area contributed by atoms with Crippen LogP contribution in [0.2, 0.25) is 0 Å². The molecule has 1 aromatic carbocycles. The summed E-state index contributed by atoms with van der Waals surface area (Å²) in [6.07, 6.45) is 0. The number of nitrogens with two attached hydrogens (primary N) is 1. The van der Waals surface area contributed by atoms with Crippen LogP contribution in [-0.2, 0) is 9.84 Å². The molecule has 0 aliphatic carbocycles. The van der Waals surface area contributed by atoms with E-state index in [1.54, 1.807) is 0 Å². The molecular weight excluding hydrogens is 292 g/mol. The van der Waals surface area contributed by atoms with Gasteiger partial charge in [-0.2, -0.15) is 0 Å². The Bertz CT molecular complexity index is 488. The number of anilines is 2. The predicted octanol–water partition coefficient (Wildman–Crippen LogP) is 1.27. The molecule has 1 heterocycles. The first-order valence-corrected chi connectivity index (χ1v) is 7.60. The van der Waals surface area contributed by atoms with Crippen molar-refractivity contribution in [3.8, 4) is 0 Å². The zero-order chi connectivity index (χ0) is 11.8. The van der Waals surface area contributed by atoms with Crippen molar-refractivity contribution < 1.29 is 8.42 Å². The third-order valence-electron chi connectivity index (χ3n) is 2.68. The van der Waals surface area contributed by atoms with Crippen molar-refractivity contribution in [2.75, 3.05) is 35.2 Å². The molecule has 0 aromatic heterocycles. The Labute approximate surface area is 103 Å². The summed E-state index contributed by atoms with van der Waals surface area (Å²) in [7, 11) is -2.84. The summed E-state index contributed by atoms with van der Waals surface area (Å²) in [5.74, 6) is 0.415. The van der Waals surface area contributed by atoms with Crippen LogP contribution in [0.3, 0.4) is 0 Å². The van der Waals surface area contributed by atoms with Crippen LogP contribution in [0.1, 0.15) is 0 Å². The van der Waals surface area contributed by atoms with Crippen molar-refractivity contribution in [2.45, 2.75) is 0 Å². The van der Waals surface area contributed by atoms with Crippen LogP contribution in [0, 0.1) is 0 Å². The summed E-state index contributed by atoms with van der Waals surface area (Å²) >= 11 is 3.38. The summed E-state index contributed by atoms with van der Waals surface area (Å²) in [5, 5.41) is 0. The highest BCUT2D eigenvalue weighted by molar-refractivity contribution is 9.10. The monoisotopic (exact) mass is 304 g/mol. The van der Waals surface area contributed by atoms with Gasteiger partial charge in [0, 0.05) is 17.6 Å². The lowest BCUT2D eigenvalue weighted by atomic mass is 10.2. The predicted molar refractivity (Wildman–Crippen MR) is 69.4 cm³/mol. The quantitative estimate of drug-likeness (QED) is 0.794. The molecule has 6 heteroatoms. The molecule has 2 N–H and O–H groups in total. The maximum absolute atomic E-state index is 11.3. The van der Waals surface area contributed by atoms with Gasteiger partial charge in [-0.25, -0.2) is 8.42 Å². The molecular formula is C10H13BrN2O2S. The van der Waals surface area contributed by atoms with Crippen LogP contribution < -0.4 is 10.6 Å². The first-order valence-electron chi connectivity index (χ1n) is 4.98. The number of rotatable bonds is 1. The molecule has 1 aliphatic rings. The van der Waals surface area contributed by atoms with Crippen LogP contribution in [0.4, 0.5) is 11.4 Å². The fraction of sp³-hybridized carbons (Fsp3) is 0.400. The van der Waals surface area contributed by atoms with Gasteiger partial charge in [0.25, 0.3) is 0 Å². The maximum Gasteiger partial charge on any atom is 0.153 e. The number of nitrogen functional groups attached to an aromatic ring is 1. The minimum atomic E-state index is -2.84. The van der Waals surface area contributed by atoms with Crippen molar-refractivity contribution >= 4 is 37.1 Å². The van der Waals surface area contributed by atoms with Gasteiger partial charge in [0.2, 0.25) is 0 Å². The Balaban J connectivity index is 2.23. The first-order chi connectivity index (χ1) is 7.48. The number of sulfone groups is 1. The summed E-state index contributed by atoms with van der Waals surface area (Å²) in [6.45, 7) is 1.03. The molecule has 0 unspecified atom stereocenters. The molecule has 88 valence electrons. The Kier molecular flexibility index (Phi) is 3.12. The minimum Gasteiger partial charge on any atom is -0.397 e. The highest BCUT2D eigenvalue weighted by Crippen LogP contribution is 2.28. The van der Waals surface area contributed by atoms with E-state index in [0.29, 0.717) is 18.8 Å². The van der Waals surface area contributed by atoms with Crippen LogP contribution in [0.15, 0.2) is 22.7 Å². The van der Waals surface area contributed by atoms with Gasteiger partial charge < -0.3 is 10.6 Å². The second kappa shape index (κ2) is 4.25. The van der Waals surface area contributed by atoms with Gasteiger partial charge in [0.1, 0.15) is 0 Å². The average molecular weight is 305 g/mol. The highest BCUT2D eigenvalue weighted by Gasteiger charge is 2.22. The van der Waals surface area contributed by atoms with Crippen LogP contribution in [0.5, 0.6) is 0 Å². The van der Waals surface area contributed by atoms with Crippen LogP contribution in [-0.4, -0.2) is 33.0 Å². The number of hydrogen-bond acceptors (Lipinski definition) is 4. The van der Waals surface area contributed by atoms with E-state index in [4.69, 9.17) is 5.73 Å². The molecule has 1 fully saturated rings. The van der Waals surface area contributed by atoms with Gasteiger partial charge in [-0.05, 0) is 18.2 Å². The van der Waals surface area contributed by atoms with Crippen LogP contribution >= 0.6 is 15.9 Å². The van der Waals surface area contributed by atoms with E-state index in [-0.39, 0.29) is 11.5 Å². The van der Waals surface area contributed by atoms with Crippen molar-refractivity contribution in [3.05, 3.63) is 22.7 Å². The molecule has 16 heavy (non-hydrogen) atoms. The van der Waals surface area contributed by atoms with Gasteiger partial charge in [-0.1, -0.05) is 15.9 Å². The average Bonchev–Trinajstić information content (AvgIpc) is 2.22. The summed E-state index contributed by atoms with van der Waals surface area (Å²) in [4.78, 5) is 2.02. The van der Waals surface area contributed by atoms with Gasteiger partial charge in [-0.15, -0.1) is 0 Å². The van der Waals surface area contributed by atoms with E-state index in [1.807, 2.05) is 23.1 Å². The van der Waals surface area contributed by atoms with Crippen molar-refractivity contribution in [1.29, 1.82) is 0 Å². The Morgan fingerprint density at radius 1 is 1.25 bits per heavy atom. The standard InChI is InChI=1S/C10H13BrN2O2S/c11-8-1-2-9(12)10(7-8)13-3-5-16(14,15)6-4-13/h1-2,7H,3-6,12H2. The highest BCUT2D eigenvalue weighted by atomic mass is 79.9. The Hall–Kier alpha value is -0.750. The normalized spacial score (nSPS) is 19.7. The third-order valence-corrected chi connectivity index (χ3v) is 4.78. The van der Waals surface area contributed by atoms with E-state index in [0.717, 1.165) is 10.2 Å². The van der Waals surface area contributed by atoms with E-state index in [2.05, 4.69) is 15.9 Å². The number of hydrogen-bond donors (Lipinski definition) is 1. The molecule has 2 rings (SSSR count). The van der Waals surface area contributed by atoms with Gasteiger partial charge >= 0.3 is 0 Å². The second-order valence-electron chi connectivity index (χ2n) is 3.84. The molecule has 0 bridgehead atoms. The number of halogens is 1. The van der Waals surface area contributed by atoms with Crippen LogP contribution in [0.25, 0.3) is 0 Å². The van der Waals surface area contributed by atoms with Crippen molar-refractivity contribution in [3.63, 3.8) is 0 Å². The minimum absolute atomic E-state index is 0.207. The topological polar surface area (TPSA) is 63.4 Å². The van der Waals surface area contributed by atoms with E-state index in [9.17, 15) is 8.42 Å². The lowest BCUT2D eigenvalue weighted by Crippen LogP contribution is -2.40. The molecule has 0 spiro atoms. The fourth-order valence-electron chi connectivity index (χ4n) is 1.74. The molecule has 0 radical (unpaired) electrons. The van der Waals surface area contributed by atoms with E-state index in [1.165, 1.54) is 0 Å². The molecule has 0 amide bonds.